The summed E-state index contributed by atoms with van der Waals surface area (Å²) in [5, 5.41) is 8.70. The van der Waals surface area contributed by atoms with Crippen LogP contribution in [0.15, 0.2) is 59.7 Å². The molecule has 3 heterocycles. The van der Waals surface area contributed by atoms with E-state index in [0.29, 0.717) is 12.2 Å². The normalized spacial score (nSPS) is 29.3. The Morgan fingerprint density at radius 1 is 0.929 bits per heavy atom. The highest BCUT2D eigenvalue weighted by Crippen LogP contribution is 2.50. The van der Waals surface area contributed by atoms with Gasteiger partial charge < -0.3 is 0 Å². The van der Waals surface area contributed by atoms with Crippen molar-refractivity contribution in [2.45, 2.75) is 26.3 Å². The second-order valence-electron chi connectivity index (χ2n) is 7.97. The molecule has 2 saturated heterocycles. The molecular formula is C22H22N4O2. The van der Waals surface area contributed by atoms with E-state index in [-0.39, 0.29) is 17.7 Å². The molecule has 28 heavy (non-hydrogen) atoms. The van der Waals surface area contributed by atoms with Crippen LogP contribution in [-0.2, 0) is 9.59 Å². The van der Waals surface area contributed by atoms with E-state index in [4.69, 9.17) is 5.10 Å². The van der Waals surface area contributed by atoms with Crippen LogP contribution in [0.5, 0.6) is 0 Å². The third kappa shape index (κ3) is 2.09. The van der Waals surface area contributed by atoms with Crippen LogP contribution in [0.4, 0.5) is 11.4 Å². The van der Waals surface area contributed by atoms with Gasteiger partial charge in [0.05, 0.1) is 34.5 Å². The summed E-state index contributed by atoms with van der Waals surface area (Å²) in [6.45, 7) is 6.50. The number of hydrogen-bond donors (Lipinski definition) is 0. The fourth-order valence-corrected chi connectivity index (χ4v) is 4.77. The van der Waals surface area contributed by atoms with E-state index in [1.54, 1.807) is 0 Å². The topological polar surface area (TPSA) is 56.2 Å². The minimum absolute atomic E-state index is 0.117. The molecule has 0 saturated carbocycles. The maximum atomic E-state index is 13.4. The average Bonchev–Trinajstić information content (AvgIpc) is 3.23. The first kappa shape index (κ1) is 17.1. The van der Waals surface area contributed by atoms with Crippen LogP contribution in [0, 0.1) is 18.8 Å². The zero-order chi connectivity index (χ0) is 19.6. The van der Waals surface area contributed by atoms with Crippen LogP contribution in [0.3, 0.4) is 0 Å². The van der Waals surface area contributed by atoms with Crippen LogP contribution < -0.4 is 10.0 Å². The molecule has 3 aliphatic heterocycles. The molecule has 2 aromatic carbocycles. The number of fused-ring (bicyclic) bond motifs is 3. The Bertz CT molecular complexity index is 1000. The zero-order valence-corrected chi connectivity index (χ0v) is 16.2. The van der Waals surface area contributed by atoms with Crippen molar-refractivity contribution in [3.8, 4) is 0 Å². The molecule has 0 aromatic heterocycles. The smallest absolute Gasteiger partial charge is 0.240 e. The summed E-state index contributed by atoms with van der Waals surface area (Å²) in [4.78, 5) is 27.9. The Morgan fingerprint density at radius 3 is 2.29 bits per heavy atom. The first-order valence-corrected chi connectivity index (χ1v) is 9.56. The Labute approximate surface area is 164 Å². The molecule has 6 nitrogen and oxygen atoms in total. The van der Waals surface area contributed by atoms with Gasteiger partial charge in [-0.15, -0.1) is 0 Å². The van der Waals surface area contributed by atoms with Crippen molar-refractivity contribution in [3.63, 3.8) is 0 Å². The van der Waals surface area contributed by atoms with Gasteiger partial charge in [-0.1, -0.05) is 35.9 Å². The molecule has 0 bridgehead atoms. The maximum Gasteiger partial charge on any atom is 0.240 e. The molecular weight excluding hydrogens is 352 g/mol. The van der Waals surface area contributed by atoms with Gasteiger partial charge in [0.25, 0.3) is 0 Å². The average molecular weight is 374 g/mol. The highest BCUT2D eigenvalue weighted by Gasteiger charge is 2.67. The van der Waals surface area contributed by atoms with Crippen LogP contribution in [0.1, 0.15) is 19.4 Å². The van der Waals surface area contributed by atoms with Gasteiger partial charge in [0.1, 0.15) is 0 Å². The van der Waals surface area contributed by atoms with Crippen molar-refractivity contribution in [1.29, 1.82) is 0 Å². The molecule has 6 heteroatoms. The van der Waals surface area contributed by atoms with E-state index < -0.39 is 11.5 Å². The number of carbonyl (C=O) groups excluding carboxylic acids is 2. The molecule has 3 atom stereocenters. The number of hydrazone groups is 1. The number of nitrogens with zero attached hydrogens (tertiary/aromatic N) is 4. The number of hydrogen-bond acceptors (Lipinski definition) is 5. The summed E-state index contributed by atoms with van der Waals surface area (Å²) in [5.41, 5.74) is 3.01. The molecule has 0 radical (unpaired) electrons. The third-order valence-corrected chi connectivity index (χ3v) is 6.42. The Hall–Kier alpha value is -2.99. The fourth-order valence-electron chi connectivity index (χ4n) is 4.77. The lowest BCUT2D eigenvalue weighted by atomic mass is 9.80. The highest BCUT2D eigenvalue weighted by molar-refractivity contribution is 6.24. The number of hydrazine groups is 1. The van der Waals surface area contributed by atoms with Crippen LogP contribution in [-0.4, -0.2) is 34.6 Å². The molecule has 0 aliphatic carbocycles. The lowest BCUT2D eigenvalue weighted by molar-refractivity contribution is -0.123. The van der Waals surface area contributed by atoms with E-state index in [9.17, 15) is 9.59 Å². The molecule has 2 fully saturated rings. The Balaban J connectivity index is 1.53. The number of para-hydroxylation sites is 1. The molecule has 142 valence electrons. The number of benzene rings is 2. The van der Waals surface area contributed by atoms with Gasteiger partial charge in [-0.25, -0.2) is 4.90 Å². The number of amides is 2. The van der Waals surface area contributed by atoms with Crippen LogP contribution >= 0.6 is 0 Å². The molecule has 2 amide bonds. The van der Waals surface area contributed by atoms with E-state index in [0.717, 1.165) is 11.4 Å². The van der Waals surface area contributed by atoms with E-state index in [2.05, 4.69) is 5.01 Å². The summed E-state index contributed by atoms with van der Waals surface area (Å²) >= 11 is 0. The monoisotopic (exact) mass is 374 g/mol. The molecule has 0 unspecified atom stereocenters. The second-order valence-corrected chi connectivity index (χ2v) is 7.97. The number of anilines is 2. The van der Waals surface area contributed by atoms with Crippen molar-refractivity contribution in [2.24, 2.45) is 16.9 Å². The van der Waals surface area contributed by atoms with Gasteiger partial charge in [-0.3, -0.25) is 9.59 Å². The molecule has 0 N–H and O–H groups in total. The summed E-state index contributed by atoms with van der Waals surface area (Å²) in [6, 6.07) is 17.3. The number of carbonyl (C=O) groups is 2. The zero-order valence-electron chi connectivity index (χ0n) is 16.2. The largest absolute Gasteiger partial charge is 0.274 e. The summed E-state index contributed by atoms with van der Waals surface area (Å²) in [7, 11) is 0. The number of rotatable bonds is 2. The van der Waals surface area contributed by atoms with E-state index in [1.165, 1.54) is 10.5 Å². The lowest BCUT2D eigenvalue weighted by Gasteiger charge is -2.35. The second kappa shape index (κ2) is 5.75. The van der Waals surface area contributed by atoms with Crippen LogP contribution in [0.2, 0.25) is 0 Å². The third-order valence-electron chi connectivity index (χ3n) is 6.42. The van der Waals surface area contributed by atoms with Gasteiger partial charge in [0, 0.05) is 6.54 Å². The first-order valence-electron chi connectivity index (χ1n) is 9.56. The Morgan fingerprint density at radius 2 is 1.61 bits per heavy atom. The van der Waals surface area contributed by atoms with E-state index in [1.807, 2.05) is 80.5 Å². The fraction of sp³-hybridized carbons (Fsp3) is 0.318. The van der Waals surface area contributed by atoms with Crippen molar-refractivity contribution in [3.05, 3.63) is 60.2 Å². The van der Waals surface area contributed by atoms with E-state index >= 15 is 0 Å². The SMILES string of the molecule is CC1=NN(c2ccc(C)cc2)N2C[C@@H]3C(=O)N(c4ccccc4)C(=O)[C@@H]3[C@@]12C. The minimum atomic E-state index is -0.605. The molecule has 0 spiro atoms. The minimum Gasteiger partial charge on any atom is -0.274 e. The highest BCUT2D eigenvalue weighted by atomic mass is 16.2. The van der Waals surface area contributed by atoms with Crippen LogP contribution in [0.25, 0.3) is 0 Å². The van der Waals surface area contributed by atoms with Crippen molar-refractivity contribution in [1.82, 2.24) is 5.01 Å². The van der Waals surface area contributed by atoms with Gasteiger partial charge >= 0.3 is 0 Å². The predicted molar refractivity (Wildman–Crippen MR) is 108 cm³/mol. The van der Waals surface area contributed by atoms with Crippen molar-refractivity contribution < 1.29 is 9.59 Å². The van der Waals surface area contributed by atoms with Crippen molar-refractivity contribution >= 4 is 28.9 Å². The molecule has 3 aliphatic rings. The number of aryl methyl sites for hydroxylation is 1. The van der Waals surface area contributed by atoms with Gasteiger partial charge in [-0.2, -0.15) is 15.2 Å². The predicted octanol–water partition coefficient (Wildman–Crippen LogP) is 2.99. The van der Waals surface area contributed by atoms with Gasteiger partial charge in [0.2, 0.25) is 11.8 Å². The first-order chi connectivity index (χ1) is 13.4. The molecule has 5 rings (SSSR count). The van der Waals surface area contributed by atoms with Gasteiger partial charge in [0.15, 0.2) is 0 Å². The summed E-state index contributed by atoms with van der Waals surface area (Å²) in [6.07, 6.45) is 0. The number of imide groups is 1. The Kier molecular flexibility index (Phi) is 3.52. The van der Waals surface area contributed by atoms with Crippen molar-refractivity contribution in [2.75, 3.05) is 16.6 Å². The lowest BCUT2D eigenvalue weighted by Crippen LogP contribution is -2.54. The summed E-state index contributed by atoms with van der Waals surface area (Å²) in [5.74, 6) is -1.05. The van der Waals surface area contributed by atoms with Gasteiger partial charge in [-0.05, 0) is 45.0 Å². The molecule has 2 aromatic rings. The summed E-state index contributed by atoms with van der Waals surface area (Å²) < 4.78 is 0. The maximum absolute atomic E-state index is 13.4. The standard InChI is InChI=1S/C22H22N4O2/c1-14-9-11-17(12-10-14)26-23-15(2)22(3)19-18(13-24(22)26)20(27)25(21(19)28)16-7-5-4-6-8-16/h4-12,18-19H,13H2,1-3H3/t18-,19+,22+/m0/s1. The quantitative estimate of drug-likeness (QED) is 0.759.